The number of benzene rings is 1. The van der Waals surface area contributed by atoms with Crippen LogP contribution < -0.4 is 10.6 Å². The molecule has 1 heterocycles. The summed E-state index contributed by atoms with van der Waals surface area (Å²) in [6.07, 6.45) is 7.85. The fourth-order valence-electron chi connectivity index (χ4n) is 4.20. The number of aryl methyl sites for hydroxylation is 1. The summed E-state index contributed by atoms with van der Waals surface area (Å²) in [6.45, 7) is 6.95. The van der Waals surface area contributed by atoms with E-state index in [0.717, 1.165) is 45.4 Å². The van der Waals surface area contributed by atoms with Gasteiger partial charge in [-0.25, -0.2) is 0 Å². The van der Waals surface area contributed by atoms with Crippen LogP contribution in [0.4, 0.5) is 0 Å². The molecule has 30 heavy (non-hydrogen) atoms. The number of rotatable bonds is 7. The van der Waals surface area contributed by atoms with Gasteiger partial charge < -0.3 is 15.5 Å². The minimum absolute atomic E-state index is 0.0726. The van der Waals surface area contributed by atoms with Crippen LogP contribution in [0.5, 0.6) is 0 Å². The summed E-state index contributed by atoms with van der Waals surface area (Å²) in [7, 11) is 2.13. The largest absolute Gasteiger partial charge is 0.348 e. The van der Waals surface area contributed by atoms with Crippen LogP contribution in [0.25, 0.3) is 0 Å². The minimum Gasteiger partial charge on any atom is -0.348 e. The van der Waals surface area contributed by atoms with Crippen molar-refractivity contribution < 1.29 is 9.59 Å². The van der Waals surface area contributed by atoms with Crippen molar-refractivity contribution >= 4 is 11.8 Å². The van der Waals surface area contributed by atoms with Gasteiger partial charge in [0.1, 0.15) is 0 Å². The lowest BCUT2D eigenvalue weighted by Crippen LogP contribution is -2.49. The van der Waals surface area contributed by atoms with Crippen LogP contribution in [0.1, 0.15) is 49.3 Å². The van der Waals surface area contributed by atoms with E-state index in [1.165, 1.54) is 29.5 Å². The first-order chi connectivity index (χ1) is 14.5. The summed E-state index contributed by atoms with van der Waals surface area (Å²) in [4.78, 5) is 29.3. The van der Waals surface area contributed by atoms with Crippen molar-refractivity contribution in [1.82, 2.24) is 20.4 Å². The molecular formula is C24H36N4O2. The SMILES string of the molecule is Cc1ccc(C(CNC(=O)C(=O)NCCC2=CCCCC2)N2CCN(C)CC2)cc1. The third-order valence-electron chi connectivity index (χ3n) is 6.22. The number of nitrogens with zero attached hydrogens (tertiary/aromatic N) is 2. The van der Waals surface area contributed by atoms with E-state index in [9.17, 15) is 9.59 Å². The Morgan fingerprint density at radius 3 is 2.37 bits per heavy atom. The Morgan fingerprint density at radius 2 is 1.70 bits per heavy atom. The Morgan fingerprint density at radius 1 is 1.00 bits per heavy atom. The van der Waals surface area contributed by atoms with Gasteiger partial charge in [0.25, 0.3) is 0 Å². The van der Waals surface area contributed by atoms with Gasteiger partial charge in [-0.05, 0) is 51.6 Å². The average molecular weight is 413 g/mol. The van der Waals surface area contributed by atoms with E-state index in [2.05, 4.69) is 64.7 Å². The van der Waals surface area contributed by atoms with E-state index in [-0.39, 0.29) is 6.04 Å². The number of amides is 2. The standard InChI is InChI=1S/C24H36N4O2/c1-19-8-10-21(11-9-19)22(28-16-14-27(2)15-17-28)18-26-24(30)23(29)25-13-12-20-6-4-3-5-7-20/h6,8-11,22H,3-5,7,12-18H2,1-2H3,(H,25,29)(H,26,30). The van der Waals surface area contributed by atoms with Crippen LogP contribution in [0, 0.1) is 6.92 Å². The highest BCUT2D eigenvalue weighted by Crippen LogP contribution is 2.22. The second-order valence-electron chi connectivity index (χ2n) is 8.59. The molecule has 1 unspecified atom stereocenters. The van der Waals surface area contributed by atoms with Crippen LogP contribution in [-0.4, -0.2) is 67.9 Å². The van der Waals surface area contributed by atoms with Gasteiger partial charge in [0.05, 0.1) is 6.04 Å². The molecule has 1 saturated heterocycles. The lowest BCUT2D eigenvalue weighted by atomic mass is 9.97. The molecule has 1 fully saturated rings. The van der Waals surface area contributed by atoms with Crippen LogP contribution >= 0.6 is 0 Å². The van der Waals surface area contributed by atoms with Crippen molar-refractivity contribution in [3.05, 3.63) is 47.0 Å². The predicted octanol–water partition coefficient (Wildman–Crippen LogP) is 2.41. The fourth-order valence-corrected chi connectivity index (χ4v) is 4.20. The number of allylic oxidation sites excluding steroid dienone is 1. The van der Waals surface area contributed by atoms with E-state index in [4.69, 9.17) is 0 Å². The first kappa shape index (κ1) is 22.5. The monoisotopic (exact) mass is 412 g/mol. The van der Waals surface area contributed by atoms with Crippen molar-refractivity contribution in [2.75, 3.05) is 46.3 Å². The van der Waals surface area contributed by atoms with Crippen molar-refractivity contribution in [2.45, 2.75) is 45.1 Å². The molecule has 0 bridgehead atoms. The lowest BCUT2D eigenvalue weighted by Gasteiger charge is -2.38. The molecule has 2 aliphatic rings. The number of carbonyl (C=O) groups is 2. The average Bonchev–Trinajstić information content (AvgIpc) is 2.76. The van der Waals surface area contributed by atoms with Gasteiger partial charge in [-0.2, -0.15) is 0 Å². The van der Waals surface area contributed by atoms with Crippen LogP contribution in [0.3, 0.4) is 0 Å². The molecule has 0 aromatic heterocycles. The van der Waals surface area contributed by atoms with Crippen LogP contribution in [-0.2, 0) is 9.59 Å². The maximum atomic E-state index is 12.4. The smallest absolute Gasteiger partial charge is 0.309 e. The highest BCUT2D eigenvalue weighted by molar-refractivity contribution is 6.35. The maximum absolute atomic E-state index is 12.4. The highest BCUT2D eigenvalue weighted by atomic mass is 16.2. The summed E-state index contributed by atoms with van der Waals surface area (Å²) in [6, 6.07) is 8.54. The van der Waals surface area contributed by atoms with Crippen molar-refractivity contribution in [2.24, 2.45) is 0 Å². The quantitative estimate of drug-likeness (QED) is 0.533. The van der Waals surface area contributed by atoms with E-state index >= 15 is 0 Å². The minimum atomic E-state index is -0.543. The molecule has 1 aromatic carbocycles. The Balaban J connectivity index is 1.52. The number of nitrogens with one attached hydrogen (secondary N) is 2. The van der Waals surface area contributed by atoms with Gasteiger partial charge in [-0.1, -0.05) is 41.5 Å². The lowest BCUT2D eigenvalue weighted by molar-refractivity contribution is -0.139. The van der Waals surface area contributed by atoms with E-state index < -0.39 is 11.8 Å². The molecular weight excluding hydrogens is 376 g/mol. The van der Waals surface area contributed by atoms with Crippen molar-refractivity contribution in [3.63, 3.8) is 0 Å². The highest BCUT2D eigenvalue weighted by Gasteiger charge is 2.25. The zero-order valence-electron chi connectivity index (χ0n) is 18.5. The number of hydrogen-bond acceptors (Lipinski definition) is 4. The molecule has 2 N–H and O–H groups in total. The third kappa shape index (κ3) is 6.67. The number of piperazine rings is 1. The fraction of sp³-hybridized carbons (Fsp3) is 0.583. The Kier molecular flexibility index (Phi) is 8.46. The second kappa shape index (κ2) is 11.3. The van der Waals surface area contributed by atoms with E-state index in [1.807, 2.05) is 0 Å². The van der Waals surface area contributed by atoms with Gasteiger partial charge in [0.2, 0.25) is 0 Å². The predicted molar refractivity (Wildman–Crippen MR) is 120 cm³/mol. The van der Waals surface area contributed by atoms with Gasteiger partial charge in [-0.15, -0.1) is 0 Å². The first-order valence-electron chi connectivity index (χ1n) is 11.3. The second-order valence-corrected chi connectivity index (χ2v) is 8.59. The maximum Gasteiger partial charge on any atom is 0.309 e. The molecule has 1 aliphatic carbocycles. The molecule has 0 saturated carbocycles. The summed E-state index contributed by atoms with van der Waals surface area (Å²) in [5.74, 6) is -1.08. The number of hydrogen-bond donors (Lipinski definition) is 2. The molecule has 6 heteroatoms. The summed E-state index contributed by atoms with van der Waals surface area (Å²) < 4.78 is 0. The molecule has 3 rings (SSSR count). The van der Waals surface area contributed by atoms with Crippen LogP contribution in [0.15, 0.2) is 35.9 Å². The molecule has 1 atom stereocenters. The Hall–Kier alpha value is -2.18. The molecule has 6 nitrogen and oxygen atoms in total. The Bertz CT molecular complexity index is 736. The summed E-state index contributed by atoms with van der Waals surface area (Å²) in [5.41, 5.74) is 3.79. The van der Waals surface area contributed by atoms with Gasteiger partial charge in [-0.3, -0.25) is 14.5 Å². The summed E-state index contributed by atoms with van der Waals surface area (Å²) >= 11 is 0. The van der Waals surface area contributed by atoms with Gasteiger partial charge >= 0.3 is 11.8 Å². The van der Waals surface area contributed by atoms with Gasteiger partial charge in [0.15, 0.2) is 0 Å². The number of carbonyl (C=O) groups excluding carboxylic acids is 2. The van der Waals surface area contributed by atoms with E-state index in [1.54, 1.807) is 0 Å². The number of likely N-dealkylation sites (N-methyl/N-ethyl adjacent to an activating group) is 1. The van der Waals surface area contributed by atoms with Crippen molar-refractivity contribution in [1.29, 1.82) is 0 Å². The normalized spacial score (nSPS) is 19.1. The molecule has 0 spiro atoms. The molecule has 164 valence electrons. The topological polar surface area (TPSA) is 64.7 Å². The third-order valence-corrected chi connectivity index (χ3v) is 6.22. The molecule has 1 aliphatic heterocycles. The Labute approximate surface area is 180 Å². The zero-order chi connectivity index (χ0) is 21.3. The first-order valence-corrected chi connectivity index (χ1v) is 11.3. The van der Waals surface area contributed by atoms with Crippen LogP contribution in [0.2, 0.25) is 0 Å². The molecule has 2 amide bonds. The molecule has 1 aromatic rings. The zero-order valence-corrected chi connectivity index (χ0v) is 18.5. The van der Waals surface area contributed by atoms with Gasteiger partial charge in [0, 0.05) is 39.3 Å². The summed E-state index contributed by atoms with van der Waals surface area (Å²) in [5, 5.41) is 5.65. The van der Waals surface area contributed by atoms with E-state index in [0.29, 0.717) is 13.1 Å². The molecule has 0 radical (unpaired) electrons. The van der Waals surface area contributed by atoms with Crippen molar-refractivity contribution in [3.8, 4) is 0 Å².